The van der Waals surface area contributed by atoms with Crippen molar-refractivity contribution in [3.63, 3.8) is 0 Å². The van der Waals surface area contributed by atoms with Crippen LogP contribution in [0.1, 0.15) is 47.5 Å². The lowest BCUT2D eigenvalue weighted by molar-refractivity contribution is -0.287. The topological polar surface area (TPSA) is 87.0 Å². The molecule has 0 aromatic heterocycles. The van der Waals surface area contributed by atoms with Crippen LogP contribution in [0.25, 0.3) is 0 Å². The number of aliphatic hydroxyl groups excluding tert-OH is 3. The molecule has 0 amide bonds. The number of rotatable bonds is 0. The molecule has 0 aromatic rings. The molecule has 0 bridgehead atoms. The highest BCUT2D eigenvalue weighted by molar-refractivity contribution is 5.94. The van der Waals surface area contributed by atoms with Gasteiger partial charge in [0, 0.05) is 17.4 Å². The summed E-state index contributed by atoms with van der Waals surface area (Å²) < 4.78 is 5.88. The number of allylic oxidation sites excluding steroid dienone is 2. The fourth-order valence-electron chi connectivity index (χ4n) is 5.90. The molecule has 5 heteroatoms. The lowest BCUT2D eigenvalue weighted by Gasteiger charge is -2.66. The fourth-order valence-corrected chi connectivity index (χ4v) is 5.90. The van der Waals surface area contributed by atoms with Crippen LogP contribution in [0.5, 0.6) is 0 Å². The maximum absolute atomic E-state index is 12.9. The zero-order chi connectivity index (χ0) is 17.4. The van der Waals surface area contributed by atoms with E-state index in [0.717, 1.165) is 6.42 Å². The van der Waals surface area contributed by atoms with Gasteiger partial charge in [0.05, 0.1) is 23.9 Å². The minimum atomic E-state index is -1.23. The van der Waals surface area contributed by atoms with Crippen LogP contribution in [0.4, 0.5) is 0 Å². The third kappa shape index (κ3) is 1.99. The van der Waals surface area contributed by atoms with E-state index in [0.29, 0.717) is 12.2 Å². The Morgan fingerprint density at radius 3 is 2.39 bits per heavy atom. The number of aliphatic hydroxyl groups is 3. The maximum Gasteiger partial charge on any atom is 0.166 e. The van der Waals surface area contributed by atoms with E-state index >= 15 is 0 Å². The van der Waals surface area contributed by atoms with E-state index in [-0.39, 0.29) is 17.1 Å². The van der Waals surface area contributed by atoms with Gasteiger partial charge >= 0.3 is 0 Å². The van der Waals surface area contributed by atoms with Crippen LogP contribution in [0.2, 0.25) is 0 Å². The standard InChI is InChI=1S/C18H28O5/c1-9-8-10(19)13-17(4)11(20)6-7-16(2,3)14(17)12(21)15(22)18(13,5)23-9/h8,11-15,20-22H,6-7H2,1-5H3/t11-,12-,13-,14-,15-,17+,18-/m0/s1. The molecule has 0 unspecified atom stereocenters. The molecule has 0 radical (unpaired) electrons. The second-order valence-corrected chi connectivity index (χ2v) is 8.70. The monoisotopic (exact) mass is 324 g/mol. The third-order valence-corrected chi connectivity index (χ3v) is 6.75. The molecule has 7 atom stereocenters. The van der Waals surface area contributed by atoms with Gasteiger partial charge in [-0.25, -0.2) is 0 Å². The Kier molecular flexibility index (Phi) is 3.54. The number of hydrogen-bond donors (Lipinski definition) is 3. The summed E-state index contributed by atoms with van der Waals surface area (Å²) in [6.45, 7) is 9.30. The Morgan fingerprint density at radius 1 is 1.17 bits per heavy atom. The van der Waals surface area contributed by atoms with E-state index in [9.17, 15) is 20.1 Å². The van der Waals surface area contributed by atoms with Gasteiger partial charge in [0.25, 0.3) is 0 Å². The number of carbonyl (C=O) groups is 1. The Labute approximate surface area is 137 Å². The second-order valence-electron chi connectivity index (χ2n) is 8.70. The molecule has 1 aliphatic heterocycles. The lowest BCUT2D eigenvalue weighted by Crippen LogP contribution is -2.75. The van der Waals surface area contributed by atoms with E-state index < -0.39 is 35.2 Å². The van der Waals surface area contributed by atoms with Crippen LogP contribution in [-0.4, -0.2) is 45.0 Å². The van der Waals surface area contributed by atoms with E-state index in [2.05, 4.69) is 0 Å². The molecule has 130 valence electrons. The summed E-state index contributed by atoms with van der Waals surface area (Å²) >= 11 is 0. The summed E-state index contributed by atoms with van der Waals surface area (Å²) in [6.07, 6.45) is -0.177. The zero-order valence-corrected chi connectivity index (χ0v) is 14.5. The normalized spacial score (nSPS) is 52.1. The molecule has 5 nitrogen and oxygen atoms in total. The number of fused-ring (bicyclic) bond motifs is 3. The summed E-state index contributed by atoms with van der Waals surface area (Å²) in [5, 5.41) is 32.5. The van der Waals surface area contributed by atoms with Gasteiger partial charge in [-0.15, -0.1) is 0 Å². The summed E-state index contributed by atoms with van der Waals surface area (Å²) in [6, 6.07) is 0. The van der Waals surface area contributed by atoms with E-state index in [1.165, 1.54) is 6.08 Å². The van der Waals surface area contributed by atoms with Crippen LogP contribution in [0.15, 0.2) is 11.8 Å². The average Bonchev–Trinajstić information content (AvgIpc) is 2.39. The van der Waals surface area contributed by atoms with Crippen molar-refractivity contribution in [3.8, 4) is 0 Å². The van der Waals surface area contributed by atoms with Gasteiger partial charge in [-0.05, 0) is 32.1 Å². The van der Waals surface area contributed by atoms with Gasteiger partial charge in [0.1, 0.15) is 11.7 Å². The van der Waals surface area contributed by atoms with Crippen molar-refractivity contribution < 1.29 is 24.9 Å². The Hall–Kier alpha value is -0.910. The summed E-state index contributed by atoms with van der Waals surface area (Å²) in [5.41, 5.74) is -2.36. The Balaban J connectivity index is 2.23. The summed E-state index contributed by atoms with van der Waals surface area (Å²) in [7, 11) is 0. The molecule has 2 fully saturated rings. The van der Waals surface area contributed by atoms with Crippen molar-refractivity contribution in [3.05, 3.63) is 11.8 Å². The van der Waals surface area contributed by atoms with Crippen molar-refractivity contribution >= 4 is 5.78 Å². The lowest BCUT2D eigenvalue weighted by atomic mass is 9.42. The summed E-state index contributed by atoms with van der Waals surface area (Å²) in [5.74, 6) is -0.763. The van der Waals surface area contributed by atoms with Crippen LogP contribution >= 0.6 is 0 Å². The predicted molar refractivity (Wildman–Crippen MR) is 84.4 cm³/mol. The predicted octanol–water partition coefficient (Wildman–Crippen LogP) is 1.40. The number of hydrogen-bond acceptors (Lipinski definition) is 5. The highest BCUT2D eigenvalue weighted by atomic mass is 16.5. The fraction of sp³-hybridized carbons (Fsp3) is 0.833. The molecule has 0 saturated heterocycles. The Morgan fingerprint density at radius 2 is 1.78 bits per heavy atom. The first kappa shape index (κ1) is 16.9. The second kappa shape index (κ2) is 4.80. The molecule has 3 aliphatic rings. The van der Waals surface area contributed by atoms with Gasteiger partial charge in [-0.2, -0.15) is 0 Å². The third-order valence-electron chi connectivity index (χ3n) is 6.75. The first-order valence-electron chi connectivity index (χ1n) is 8.41. The highest BCUT2D eigenvalue weighted by Gasteiger charge is 2.71. The van der Waals surface area contributed by atoms with Crippen molar-refractivity contribution in [1.82, 2.24) is 0 Å². The van der Waals surface area contributed by atoms with Crippen molar-refractivity contribution in [2.24, 2.45) is 22.7 Å². The molecule has 0 spiro atoms. The SMILES string of the molecule is CC1=CC(=O)[C@@H]2[C@](C)(O1)[C@@H](O)[C@@H](O)[C@H]1C(C)(C)CC[C@H](O)[C@]21C. The molecule has 3 N–H and O–H groups in total. The first-order valence-corrected chi connectivity index (χ1v) is 8.41. The van der Waals surface area contributed by atoms with E-state index in [1.54, 1.807) is 13.8 Å². The van der Waals surface area contributed by atoms with Gasteiger partial charge in [-0.1, -0.05) is 20.8 Å². The van der Waals surface area contributed by atoms with Crippen molar-refractivity contribution in [2.45, 2.75) is 71.4 Å². The molecular formula is C18H28O5. The highest BCUT2D eigenvalue weighted by Crippen LogP contribution is 2.63. The smallest absolute Gasteiger partial charge is 0.166 e. The van der Waals surface area contributed by atoms with Crippen molar-refractivity contribution in [1.29, 1.82) is 0 Å². The molecule has 3 rings (SSSR count). The van der Waals surface area contributed by atoms with E-state index in [4.69, 9.17) is 4.74 Å². The molecular weight excluding hydrogens is 296 g/mol. The van der Waals surface area contributed by atoms with Gasteiger partial charge in [0.2, 0.25) is 0 Å². The van der Waals surface area contributed by atoms with Gasteiger partial charge in [-0.3, -0.25) is 4.79 Å². The Bertz CT molecular complexity index is 568. The quantitative estimate of drug-likeness (QED) is 0.627. The first-order chi connectivity index (χ1) is 10.5. The van der Waals surface area contributed by atoms with E-state index in [1.807, 2.05) is 20.8 Å². The van der Waals surface area contributed by atoms with Gasteiger partial charge in [0.15, 0.2) is 5.78 Å². The minimum absolute atomic E-state index is 0.133. The van der Waals surface area contributed by atoms with Gasteiger partial charge < -0.3 is 20.1 Å². The molecule has 2 saturated carbocycles. The van der Waals surface area contributed by atoms with Crippen molar-refractivity contribution in [2.75, 3.05) is 0 Å². The zero-order valence-electron chi connectivity index (χ0n) is 14.5. The average molecular weight is 324 g/mol. The molecule has 23 heavy (non-hydrogen) atoms. The largest absolute Gasteiger partial charge is 0.488 e. The van der Waals surface area contributed by atoms with Crippen LogP contribution in [0, 0.1) is 22.7 Å². The van der Waals surface area contributed by atoms with Crippen LogP contribution in [-0.2, 0) is 9.53 Å². The summed E-state index contributed by atoms with van der Waals surface area (Å²) in [4.78, 5) is 12.9. The molecule has 2 aliphatic carbocycles. The van der Waals surface area contributed by atoms with Crippen LogP contribution in [0.3, 0.4) is 0 Å². The number of carbonyl (C=O) groups excluding carboxylic acids is 1. The molecule has 1 heterocycles. The van der Waals surface area contributed by atoms with Crippen LogP contribution < -0.4 is 0 Å². The molecule has 0 aromatic carbocycles. The maximum atomic E-state index is 12.9. The minimum Gasteiger partial charge on any atom is -0.488 e. The number of ether oxygens (including phenoxy) is 1. The number of ketones is 1.